The Kier molecular flexibility index (Phi) is 6.20. The summed E-state index contributed by atoms with van der Waals surface area (Å²) < 4.78 is 17.1. The minimum absolute atomic E-state index is 0.368. The first-order chi connectivity index (χ1) is 18.2. The van der Waals surface area contributed by atoms with Crippen LogP contribution in [0.15, 0.2) is 60.9 Å². The molecule has 2 N–H and O–H groups in total. The number of aromatic nitrogens is 4. The van der Waals surface area contributed by atoms with E-state index in [1.54, 1.807) is 26.6 Å². The van der Waals surface area contributed by atoms with E-state index in [1.165, 1.54) is 0 Å². The highest BCUT2D eigenvalue weighted by Gasteiger charge is 2.20. The molecular formula is C28H28N6O3. The van der Waals surface area contributed by atoms with E-state index >= 15 is 0 Å². The first-order valence-electron chi connectivity index (χ1n) is 12.3. The van der Waals surface area contributed by atoms with Crippen LogP contribution in [0.2, 0.25) is 0 Å². The molecule has 0 unspecified atom stereocenters. The molecule has 0 saturated carbocycles. The van der Waals surface area contributed by atoms with E-state index < -0.39 is 0 Å². The maximum absolute atomic E-state index is 6.24. The van der Waals surface area contributed by atoms with Crippen LogP contribution < -0.4 is 24.4 Å². The molecule has 9 heteroatoms. The largest absolute Gasteiger partial charge is 0.493 e. The van der Waals surface area contributed by atoms with E-state index in [9.17, 15) is 0 Å². The van der Waals surface area contributed by atoms with Crippen molar-refractivity contribution in [2.75, 3.05) is 45.3 Å². The zero-order valence-electron chi connectivity index (χ0n) is 20.8. The van der Waals surface area contributed by atoms with Crippen molar-refractivity contribution in [2.45, 2.75) is 6.61 Å². The molecular weight excluding hydrogens is 468 g/mol. The van der Waals surface area contributed by atoms with Gasteiger partial charge in [-0.3, -0.25) is 4.98 Å². The third kappa shape index (κ3) is 4.49. The molecule has 1 fully saturated rings. The molecule has 1 saturated heterocycles. The number of piperazine rings is 1. The summed E-state index contributed by atoms with van der Waals surface area (Å²) in [4.78, 5) is 19.7. The number of methoxy groups -OCH3 is 2. The fourth-order valence-electron chi connectivity index (χ4n) is 4.67. The lowest BCUT2D eigenvalue weighted by molar-refractivity contribution is 0.296. The van der Waals surface area contributed by atoms with E-state index in [1.807, 2.05) is 30.3 Å². The molecule has 5 aromatic rings. The zero-order chi connectivity index (χ0) is 25.2. The Bertz CT molecular complexity index is 1550. The van der Waals surface area contributed by atoms with Gasteiger partial charge in [-0.05, 0) is 35.4 Å². The molecule has 0 aliphatic carbocycles. The van der Waals surface area contributed by atoms with Crippen LogP contribution >= 0.6 is 0 Å². The molecule has 6 rings (SSSR count). The van der Waals surface area contributed by atoms with Crippen LogP contribution in [-0.4, -0.2) is 60.3 Å². The fourth-order valence-corrected chi connectivity index (χ4v) is 4.67. The second-order valence-corrected chi connectivity index (χ2v) is 8.89. The van der Waals surface area contributed by atoms with Gasteiger partial charge in [-0.25, -0.2) is 4.98 Å². The van der Waals surface area contributed by atoms with Crippen molar-refractivity contribution in [1.29, 1.82) is 0 Å². The molecule has 0 spiro atoms. The molecule has 1 aliphatic rings. The number of fused-ring (bicyclic) bond motifs is 3. The van der Waals surface area contributed by atoms with Gasteiger partial charge in [0, 0.05) is 55.0 Å². The van der Waals surface area contributed by atoms with Gasteiger partial charge in [0.2, 0.25) is 11.8 Å². The number of pyridine rings is 1. The van der Waals surface area contributed by atoms with Crippen LogP contribution in [0.1, 0.15) is 5.56 Å². The molecule has 0 radical (unpaired) electrons. The predicted octanol–water partition coefficient (Wildman–Crippen LogP) is 4.18. The molecule has 4 heterocycles. The standard InChI is InChI=1S/C28H28N6O3/c1-35-23-8-6-20(15-24(23)36-2)19-5-7-21-22(14-19)31-26-25(21)32-28(34-12-10-29-11-13-34)33-27(26)37-17-18-4-3-9-30-16-18/h3-9,14-16,29,31H,10-13,17H2,1-2H3. The number of hydrogen-bond acceptors (Lipinski definition) is 8. The van der Waals surface area contributed by atoms with Gasteiger partial charge in [-0.15, -0.1) is 0 Å². The molecule has 37 heavy (non-hydrogen) atoms. The zero-order valence-corrected chi connectivity index (χ0v) is 20.8. The van der Waals surface area contributed by atoms with Crippen molar-refractivity contribution in [3.63, 3.8) is 0 Å². The molecule has 0 bridgehead atoms. The summed E-state index contributed by atoms with van der Waals surface area (Å²) >= 11 is 0. The highest BCUT2D eigenvalue weighted by Crippen LogP contribution is 2.36. The average Bonchev–Trinajstić information content (AvgIpc) is 3.34. The van der Waals surface area contributed by atoms with E-state index in [2.05, 4.69) is 38.4 Å². The Labute approximate surface area is 214 Å². The number of ether oxygens (including phenoxy) is 3. The number of hydrogen-bond donors (Lipinski definition) is 2. The van der Waals surface area contributed by atoms with Crippen molar-refractivity contribution in [3.8, 4) is 28.5 Å². The molecule has 9 nitrogen and oxygen atoms in total. The summed E-state index contributed by atoms with van der Waals surface area (Å²) in [6.45, 7) is 3.86. The third-order valence-electron chi connectivity index (χ3n) is 6.61. The molecule has 0 atom stereocenters. The van der Waals surface area contributed by atoms with Crippen molar-refractivity contribution in [3.05, 3.63) is 66.5 Å². The number of nitrogens with zero attached hydrogens (tertiary/aromatic N) is 4. The topological polar surface area (TPSA) is 97.4 Å². The van der Waals surface area contributed by atoms with Crippen LogP contribution in [0, 0.1) is 0 Å². The monoisotopic (exact) mass is 496 g/mol. The van der Waals surface area contributed by atoms with Crippen LogP contribution in [0.5, 0.6) is 17.4 Å². The quantitative estimate of drug-likeness (QED) is 0.346. The Hall–Kier alpha value is -4.37. The number of H-pyrrole nitrogens is 1. The summed E-state index contributed by atoms with van der Waals surface area (Å²) in [6.07, 6.45) is 3.55. The van der Waals surface area contributed by atoms with Crippen molar-refractivity contribution in [1.82, 2.24) is 25.3 Å². The summed E-state index contributed by atoms with van der Waals surface area (Å²) in [5, 5.41) is 4.40. The lowest BCUT2D eigenvalue weighted by Crippen LogP contribution is -2.44. The molecule has 3 aromatic heterocycles. The molecule has 2 aromatic carbocycles. The number of rotatable bonds is 7. The summed E-state index contributed by atoms with van der Waals surface area (Å²) in [5.74, 6) is 2.60. The Morgan fingerprint density at radius 2 is 1.73 bits per heavy atom. The maximum atomic E-state index is 6.24. The van der Waals surface area contributed by atoms with Crippen LogP contribution in [-0.2, 0) is 6.61 Å². The first-order valence-corrected chi connectivity index (χ1v) is 12.3. The van der Waals surface area contributed by atoms with Crippen molar-refractivity contribution < 1.29 is 14.2 Å². The molecule has 0 amide bonds. The van der Waals surface area contributed by atoms with Crippen molar-refractivity contribution in [2.24, 2.45) is 0 Å². The summed E-state index contributed by atoms with van der Waals surface area (Å²) in [5.41, 5.74) is 5.64. The summed E-state index contributed by atoms with van der Waals surface area (Å²) in [7, 11) is 3.28. The van der Waals surface area contributed by atoms with Crippen LogP contribution in [0.4, 0.5) is 5.95 Å². The number of aromatic amines is 1. The van der Waals surface area contributed by atoms with Gasteiger partial charge in [0.25, 0.3) is 0 Å². The smallest absolute Gasteiger partial charge is 0.243 e. The lowest BCUT2D eigenvalue weighted by atomic mass is 10.0. The van der Waals surface area contributed by atoms with Crippen LogP contribution in [0.3, 0.4) is 0 Å². The molecule has 1 aliphatic heterocycles. The predicted molar refractivity (Wildman–Crippen MR) is 144 cm³/mol. The minimum atomic E-state index is 0.368. The lowest BCUT2D eigenvalue weighted by Gasteiger charge is -2.27. The Morgan fingerprint density at radius 1 is 0.919 bits per heavy atom. The SMILES string of the molecule is COc1ccc(-c2ccc3c(c2)[nH]c2c(OCc4cccnc4)nc(N4CCNCC4)nc23)cc1OC. The van der Waals surface area contributed by atoms with E-state index in [0.717, 1.165) is 64.8 Å². The second-order valence-electron chi connectivity index (χ2n) is 8.89. The number of benzene rings is 2. The van der Waals surface area contributed by atoms with Crippen molar-refractivity contribution >= 4 is 27.9 Å². The van der Waals surface area contributed by atoms with Gasteiger partial charge < -0.3 is 29.4 Å². The maximum Gasteiger partial charge on any atom is 0.243 e. The van der Waals surface area contributed by atoms with Gasteiger partial charge in [0.05, 0.1) is 14.2 Å². The highest BCUT2D eigenvalue weighted by molar-refractivity contribution is 6.07. The van der Waals surface area contributed by atoms with Gasteiger partial charge in [-0.1, -0.05) is 24.3 Å². The first kappa shape index (κ1) is 23.1. The van der Waals surface area contributed by atoms with E-state index in [0.29, 0.717) is 29.9 Å². The Balaban J connectivity index is 1.44. The molecule has 188 valence electrons. The number of anilines is 1. The minimum Gasteiger partial charge on any atom is -0.493 e. The Morgan fingerprint density at radius 3 is 2.51 bits per heavy atom. The number of nitrogens with one attached hydrogen (secondary N) is 2. The van der Waals surface area contributed by atoms with E-state index in [-0.39, 0.29) is 0 Å². The van der Waals surface area contributed by atoms with Crippen LogP contribution in [0.25, 0.3) is 33.1 Å². The fraction of sp³-hybridized carbons (Fsp3) is 0.250. The summed E-state index contributed by atoms with van der Waals surface area (Å²) in [6, 6.07) is 16.1. The van der Waals surface area contributed by atoms with Gasteiger partial charge >= 0.3 is 0 Å². The average molecular weight is 497 g/mol. The second kappa shape index (κ2) is 9.94. The van der Waals surface area contributed by atoms with E-state index in [4.69, 9.17) is 24.2 Å². The third-order valence-corrected chi connectivity index (χ3v) is 6.61. The van der Waals surface area contributed by atoms with Gasteiger partial charge in [0.1, 0.15) is 17.6 Å². The highest BCUT2D eigenvalue weighted by atomic mass is 16.5. The van der Waals surface area contributed by atoms with Gasteiger partial charge in [-0.2, -0.15) is 4.98 Å². The van der Waals surface area contributed by atoms with Gasteiger partial charge in [0.15, 0.2) is 11.5 Å². The normalized spacial score (nSPS) is 13.7.